The van der Waals surface area contributed by atoms with Crippen molar-refractivity contribution in [1.29, 1.82) is 0 Å². The van der Waals surface area contributed by atoms with Gasteiger partial charge in [-0.05, 0) is 38.8 Å². The van der Waals surface area contributed by atoms with Gasteiger partial charge >= 0.3 is 0 Å². The van der Waals surface area contributed by atoms with Crippen molar-refractivity contribution in [2.45, 2.75) is 50.2 Å². The second kappa shape index (κ2) is 7.50. The highest BCUT2D eigenvalue weighted by Crippen LogP contribution is 2.34. The lowest BCUT2D eigenvalue weighted by Gasteiger charge is -2.36. The van der Waals surface area contributed by atoms with Gasteiger partial charge in [0.05, 0.1) is 22.0 Å². The van der Waals surface area contributed by atoms with E-state index in [1.807, 2.05) is 18.7 Å². The predicted octanol–water partition coefficient (Wildman–Crippen LogP) is 2.38. The van der Waals surface area contributed by atoms with E-state index in [9.17, 15) is 18.5 Å². The molecule has 0 unspecified atom stereocenters. The summed E-state index contributed by atoms with van der Waals surface area (Å²) < 4.78 is 32.8. The van der Waals surface area contributed by atoms with Gasteiger partial charge in [-0.15, -0.1) is 0 Å². The molecule has 1 aromatic rings. The van der Waals surface area contributed by atoms with Crippen molar-refractivity contribution in [3.63, 3.8) is 0 Å². The van der Waals surface area contributed by atoms with Crippen molar-refractivity contribution in [3.05, 3.63) is 28.3 Å². The van der Waals surface area contributed by atoms with Gasteiger partial charge in [-0.1, -0.05) is 6.42 Å². The normalized spacial score (nSPS) is 25.2. The van der Waals surface area contributed by atoms with Crippen molar-refractivity contribution in [2.24, 2.45) is 0 Å². The third-order valence-corrected chi connectivity index (χ3v) is 6.75. The van der Waals surface area contributed by atoms with Crippen LogP contribution in [0.5, 0.6) is 0 Å². The standard InChI is InChI=1S/C17H25N3O5S/c1-13-11-18(12-14(2)25-13)16-7-6-15(10-17(16)20(21)22)26(23,24)19-8-4-3-5-9-19/h6-7,10,13-14H,3-5,8-9,11-12H2,1-2H3/t13-,14-/m0/s1. The molecule has 1 aromatic carbocycles. The summed E-state index contributed by atoms with van der Waals surface area (Å²) in [5.74, 6) is 0. The van der Waals surface area contributed by atoms with Gasteiger partial charge < -0.3 is 9.64 Å². The molecule has 0 N–H and O–H groups in total. The molecular weight excluding hydrogens is 358 g/mol. The maximum atomic E-state index is 12.8. The van der Waals surface area contributed by atoms with Gasteiger partial charge in [-0.3, -0.25) is 10.1 Å². The fraction of sp³-hybridized carbons (Fsp3) is 0.647. The summed E-state index contributed by atoms with van der Waals surface area (Å²) >= 11 is 0. The van der Waals surface area contributed by atoms with E-state index in [2.05, 4.69) is 0 Å². The molecule has 144 valence electrons. The van der Waals surface area contributed by atoms with Crippen LogP contribution in [-0.2, 0) is 14.8 Å². The molecular formula is C17H25N3O5S. The van der Waals surface area contributed by atoms with Crippen LogP contribution in [0.3, 0.4) is 0 Å². The Morgan fingerprint density at radius 1 is 1.12 bits per heavy atom. The zero-order valence-corrected chi connectivity index (χ0v) is 15.9. The highest BCUT2D eigenvalue weighted by atomic mass is 32.2. The van der Waals surface area contributed by atoms with E-state index in [1.165, 1.54) is 16.4 Å². The van der Waals surface area contributed by atoms with Crippen LogP contribution in [0, 0.1) is 10.1 Å². The lowest BCUT2D eigenvalue weighted by Crippen LogP contribution is -2.45. The second-order valence-electron chi connectivity index (χ2n) is 7.03. The van der Waals surface area contributed by atoms with Crippen LogP contribution >= 0.6 is 0 Å². The number of sulfonamides is 1. The van der Waals surface area contributed by atoms with E-state index in [1.54, 1.807) is 6.07 Å². The smallest absolute Gasteiger partial charge is 0.293 e. The Morgan fingerprint density at radius 3 is 2.31 bits per heavy atom. The summed E-state index contributed by atoms with van der Waals surface area (Å²) in [6.07, 6.45) is 2.56. The minimum absolute atomic E-state index is 0.00999. The molecule has 0 aliphatic carbocycles. The Balaban J connectivity index is 1.95. The van der Waals surface area contributed by atoms with Gasteiger partial charge in [0.1, 0.15) is 5.69 Å². The third kappa shape index (κ3) is 3.84. The van der Waals surface area contributed by atoms with Gasteiger partial charge in [0.15, 0.2) is 0 Å². The molecule has 2 heterocycles. The lowest BCUT2D eigenvalue weighted by atomic mass is 10.1. The third-order valence-electron chi connectivity index (χ3n) is 4.86. The Kier molecular flexibility index (Phi) is 5.50. The molecule has 9 heteroatoms. The number of hydrogen-bond acceptors (Lipinski definition) is 6. The summed E-state index contributed by atoms with van der Waals surface area (Å²) in [6.45, 7) is 5.84. The molecule has 2 saturated heterocycles. The molecule has 0 amide bonds. The van der Waals surface area contributed by atoms with E-state index in [0.29, 0.717) is 31.9 Å². The SMILES string of the molecule is C[C@H]1CN(c2ccc(S(=O)(=O)N3CCCCC3)cc2[N+](=O)[O-])C[C@H](C)O1. The zero-order chi connectivity index (χ0) is 18.9. The van der Waals surface area contributed by atoms with E-state index in [-0.39, 0.29) is 22.8 Å². The highest BCUT2D eigenvalue weighted by molar-refractivity contribution is 7.89. The number of nitro benzene ring substituents is 1. The van der Waals surface area contributed by atoms with E-state index >= 15 is 0 Å². The largest absolute Gasteiger partial charge is 0.372 e. The Hall–Kier alpha value is -1.71. The molecule has 2 aliphatic rings. The summed E-state index contributed by atoms with van der Waals surface area (Å²) in [4.78, 5) is 13.0. The Morgan fingerprint density at radius 2 is 1.73 bits per heavy atom. The van der Waals surface area contributed by atoms with Gasteiger partial charge in [0, 0.05) is 32.2 Å². The van der Waals surface area contributed by atoms with Gasteiger partial charge in [0.25, 0.3) is 5.69 Å². The topological polar surface area (TPSA) is 93.0 Å². The summed E-state index contributed by atoms with van der Waals surface area (Å²) in [7, 11) is -3.70. The molecule has 8 nitrogen and oxygen atoms in total. The van der Waals surface area contributed by atoms with Crippen molar-refractivity contribution in [1.82, 2.24) is 4.31 Å². The van der Waals surface area contributed by atoms with Crippen LogP contribution in [-0.4, -0.2) is 56.0 Å². The first-order valence-corrected chi connectivity index (χ1v) is 10.4. The van der Waals surface area contributed by atoms with Crippen molar-refractivity contribution < 1.29 is 18.1 Å². The van der Waals surface area contributed by atoms with Crippen LogP contribution in [0.15, 0.2) is 23.1 Å². The molecule has 2 aliphatic heterocycles. The van der Waals surface area contributed by atoms with Crippen LogP contribution in [0.2, 0.25) is 0 Å². The molecule has 0 bridgehead atoms. The highest BCUT2D eigenvalue weighted by Gasteiger charge is 2.31. The average molecular weight is 383 g/mol. The number of piperidine rings is 1. The molecule has 2 atom stereocenters. The number of nitro groups is 1. The lowest BCUT2D eigenvalue weighted by molar-refractivity contribution is -0.384. The molecule has 2 fully saturated rings. The number of hydrogen-bond donors (Lipinski definition) is 0. The zero-order valence-electron chi connectivity index (χ0n) is 15.1. The van der Waals surface area contributed by atoms with Gasteiger partial charge in [0.2, 0.25) is 10.0 Å². The van der Waals surface area contributed by atoms with Crippen LogP contribution in [0.25, 0.3) is 0 Å². The molecule has 26 heavy (non-hydrogen) atoms. The van der Waals surface area contributed by atoms with Crippen molar-refractivity contribution in [3.8, 4) is 0 Å². The van der Waals surface area contributed by atoms with Crippen LogP contribution in [0.1, 0.15) is 33.1 Å². The van der Waals surface area contributed by atoms with Crippen LogP contribution in [0.4, 0.5) is 11.4 Å². The first kappa shape index (κ1) is 19.1. The number of benzene rings is 1. The summed E-state index contributed by atoms with van der Waals surface area (Å²) in [6, 6.07) is 4.24. The monoisotopic (exact) mass is 383 g/mol. The first-order valence-electron chi connectivity index (χ1n) is 8.98. The summed E-state index contributed by atoms with van der Waals surface area (Å²) in [5, 5.41) is 11.6. The second-order valence-corrected chi connectivity index (χ2v) is 8.97. The fourth-order valence-electron chi connectivity index (χ4n) is 3.71. The quantitative estimate of drug-likeness (QED) is 0.585. The molecule has 0 saturated carbocycles. The summed E-state index contributed by atoms with van der Waals surface area (Å²) in [5.41, 5.74) is 0.263. The number of nitrogens with zero attached hydrogens (tertiary/aromatic N) is 3. The predicted molar refractivity (Wildman–Crippen MR) is 97.9 cm³/mol. The average Bonchev–Trinajstić information content (AvgIpc) is 2.61. The first-order chi connectivity index (χ1) is 12.3. The number of anilines is 1. The molecule has 0 radical (unpaired) electrons. The van der Waals surface area contributed by atoms with Crippen LogP contribution < -0.4 is 4.90 Å². The number of morpholine rings is 1. The van der Waals surface area contributed by atoms with Crippen molar-refractivity contribution >= 4 is 21.4 Å². The van der Waals surface area contributed by atoms with Gasteiger partial charge in [-0.25, -0.2) is 8.42 Å². The molecule has 0 aromatic heterocycles. The van der Waals surface area contributed by atoms with Gasteiger partial charge in [-0.2, -0.15) is 4.31 Å². The maximum Gasteiger partial charge on any atom is 0.293 e. The van der Waals surface area contributed by atoms with E-state index < -0.39 is 14.9 Å². The fourth-order valence-corrected chi connectivity index (χ4v) is 5.24. The minimum Gasteiger partial charge on any atom is -0.372 e. The maximum absolute atomic E-state index is 12.8. The Bertz CT molecular complexity index is 767. The van der Waals surface area contributed by atoms with Crippen molar-refractivity contribution in [2.75, 3.05) is 31.1 Å². The number of ether oxygens (including phenoxy) is 1. The molecule has 3 rings (SSSR count). The Labute approximate surface area is 153 Å². The van der Waals surface area contributed by atoms with E-state index in [4.69, 9.17) is 4.74 Å². The minimum atomic E-state index is -3.70. The number of rotatable bonds is 4. The molecule has 0 spiro atoms. The van der Waals surface area contributed by atoms with E-state index in [0.717, 1.165) is 19.3 Å².